The first-order valence-electron chi connectivity index (χ1n) is 6.24. The molecule has 0 aliphatic heterocycles. The van der Waals surface area contributed by atoms with Gasteiger partial charge in [0.1, 0.15) is 11.3 Å². The van der Waals surface area contributed by atoms with E-state index >= 15 is 0 Å². The summed E-state index contributed by atoms with van der Waals surface area (Å²) in [6.07, 6.45) is 0. The Morgan fingerprint density at radius 2 is 1.88 bits per heavy atom. The van der Waals surface area contributed by atoms with Crippen molar-refractivity contribution in [1.82, 2.24) is 5.32 Å². The quantitative estimate of drug-likeness (QED) is 0.858. The zero-order valence-electron chi connectivity index (χ0n) is 11.3. The number of rotatable bonds is 3. The first-order chi connectivity index (χ1) is 8.04. The van der Waals surface area contributed by atoms with E-state index in [4.69, 9.17) is 4.42 Å². The lowest BCUT2D eigenvalue weighted by Crippen LogP contribution is -2.11. The fraction of sp³-hybridized carbons (Fsp3) is 0.467. The largest absolute Gasteiger partial charge is 0.459 e. The second-order valence-corrected chi connectivity index (χ2v) is 5.03. The zero-order valence-corrected chi connectivity index (χ0v) is 11.3. The minimum atomic E-state index is 0.252. The molecule has 0 saturated carbocycles. The monoisotopic (exact) mass is 231 g/mol. The van der Waals surface area contributed by atoms with E-state index in [1.165, 1.54) is 16.5 Å². The maximum Gasteiger partial charge on any atom is 0.138 e. The van der Waals surface area contributed by atoms with Crippen LogP contribution in [0.1, 0.15) is 49.6 Å². The normalized spacial score (nSPS) is 13.5. The van der Waals surface area contributed by atoms with Crippen molar-refractivity contribution in [2.75, 3.05) is 7.05 Å². The Morgan fingerprint density at radius 1 is 1.18 bits per heavy atom. The van der Waals surface area contributed by atoms with Crippen LogP contribution >= 0.6 is 0 Å². The topological polar surface area (TPSA) is 25.2 Å². The Bertz CT molecular complexity index is 525. The van der Waals surface area contributed by atoms with Crippen LogP contribution in [0.25, 0.3) is 11.0 Å². The van der Waals surface area contributed by atoms with E-state index in [9.17, 15) is 0 Å². The van der Waals surface area contributed by atoms with Gasteiger partial charge in [0.2, 0.25) is 0 Å². The van der Waals surface area contributed by atoms with Crippen molar-refractivity contribution >= 4 is 11.0 Å². The minimum absolute atomic E-state index is 0.252. The maximum atomic E-state index is 6.03. The molecular formula is C15H21NO. The molecule has 1 atom stereocenters. The number of furan rings is 1. The van der Waals surface area contributed by atoms with Crippen LogP contribution < -0.4 is 5.32 Å². The first kappa shape index (κ1) is 12.2. The molecule has 0 radical (unpaired) electrons. The summed E-state index contributed by atoms with van der Waals surface area (Å²) in [4.78, 5) is 0. The molecule has 2 nitrogen and oxygen atoms in total. The summed E-state index contributed by atoms with van der Waals surface area (Å²) in [6.45, 7) is 8.65. The van der Waals surface area contributed by atoms with Gasteiger partial charge in [-0.25, -0.2) is 0 Å². The van der Waals surface area contributed by atoms with Gasteiger partial charge in [0.05, 0.1) is 6.04 Å². The number of hydrogen-bond acceptors (Lipinski definition) is 2. The lowest BCUT2D eigenvalue weighted by Gasteiger charge is -2.07. The molecule has 92 valence electrons. The van der Waals surface area contributed by atoms with E-state index in [1.54, 1.807) is 0 Å². The van der Waals surface area contributed by atoms with Crippen LogP contribution in [-0.4, -0.2) is 7.05 Å². The molecule has 2 aromatic rings. The third-order valence-corrected chi connectivity index (χ3v) is 3.43. The van der Waals surface area contributed by atoms with Crippen molar-refractivity contribution in [1.29, 1.82) is 0 Å². The Balaban J connectivity index is 2.65. The Kier molecular flexibility index (Phi) is 3.25. The van der Waals surface area contributed by atoms with Gasteiger partial charge < -0.3 is 9.73 Å². The van der Waals surface area contributed by atoms with Crippen LogP contribution in [0.5, 0.6) is 0 Å². The number of hydrogen-bond donors (Lipinski definition) is 1. The van der Waals surface area contributed by atoms with Gasteiger partial charge in [0.25, 0.3) is 0 Å². The van der Waals surface area contributed by atoms with Crippen molar-refractivity contribution < 1.29 is 4.42 Å². The molecule has 0 aliphatic carbocycles. The lowest BCUT2D eigenvalue weighted by atomic mass is 9.99. The standard InChI is InChI=1S/C15H21NO/c1-9(2)12-7-6-10(3)13-8-14(11(4)16-5)17-15(12)13/h6-9,11,16H,1-5H3. The van der Waals surface area contributed by atoms with Gasteiger partial charge in [0.15, 0.2) is 0 Å². The predicted octanol–water partition coefficient (Wildman–Crippen LogP) is 4.15. The smallest absolute Gasteiger partial charge is 0.138 e. The Labute approximate surface area is 103 Å². The highest BCUT2D eigenvalue weighted by Gasteiger charge is 2.15. The Morgan fingerprint density at radius 3 is 2.47 bits per heavy atom. The van der Waals surface area contributed by atoms with Crippen molar-refractivity contribution in [3.05, 3.63) is 35.1 Å². The molecule has 2 rings (SSSR count). The average molecular weight is 231 g/mol. The van der Waals surface area contributed by atoms with Gasteiger partial charge in [-0.3, -0.25) is 0 Å². The summed E-state index contributed by atoms with van der Waals surface area (Å²) < 4.78 is 6.03. The molecule has 1 aromatic heterocycles. The number of fused-ring (bicyclic) bond motifs is 1. The highest BCUT2D eigenvalue weighted by atomic mass is 16.3. The minimum Gasteiger partial charge on any atom is -0.459 e. The van der Waals surface area contributed by atoms with E-state index in [0.717, 1.165) is 11.3 Å². The molecule has 2 heteroatoms. The van der Waals surface area contributed by atoms with Crippen LogP contribution in [0, 0.1) is 6.92 Å². The second kappa shape index (κ2) is 4.53. The van der Waals surface area contributed by atoms with Crippen molar-refractivity contribution in [2.45, 2.75) is 39.7 Å². The molecular weight excluding hydrogens is 210 g/mol. The summed E-state index contributed by atoms with van der Waals surface area (Å²) in [6, 6.07) is 6.78. The van der Waals surface area contributed by atoms with E-state index in [0.29, 0.717) is 5.92 Å². The molecule has 0 fully saturated rings. The molecule has 0 saturated heterocycles. The summed E-state index contributed by atoms with van der Waals surface area (Å²) in [5.41, 5.74) is 3.62. The molecule has 0 bridgehead atoms. The summed E-state index contributed by atoms with van der Waals surface area (Å²) in [5, 5.41) is 4.46. The molecule has 1 N–H and O–H groups in total. The van der Waals surface area contributed by atoms with Crippen molar-refractivity contribution in [3.8, 4) is 0 Å². The summed E-state index contributed by atoms with van der Waals surface area (Å²) in [7, 11) is 1.95. The lowest BCUT2D eigenvalue weighted by molar-refractivity contribution is 0.472. The SMILES string of the molecule is CNC(C)c1cc2c(C)ccc(C(C)C)c2o1. The fourth-order valence-electron chi connectivity index (χ4n) is 2.11. The number of benzene rings is 1. The van der Waals surface area contributed by atoms with Crippen LogP contribution in [-0.2, 0) is 0 Å². The van der Waals surface area contributed by atoms with E-state index in [-0.39, 0.29) is 6.04 Å². The van der Waals surface area contributed by atoms with Crippen LogP contribution in [0.15, 0.2) is 22.6 Å². The summed E-state index contributed by atoms with van der Waals surface area (Å²) >= 11 is 0. The van der Waals surface area contributed by atoms with E-state index in [1.807, 2.05) is 7.05 Å². The number of nitrogens with one attached hydrogen (secondary N) is 1. The highest BCUT2D eigenvalue weighted by molar-refractivity contribution is 5.85. The summed E-state index contributed by atoms with van der Waals surface area (Å²) in [5.74, 6) is 1.50. The molecule has 0 spiro atoms. The molecule has 1 heterocycles. The van der Waals surface area contributed by atoms with Crippen LogP contribution in [0.3, 0.4) is 0 Å². The van der Waals surface area contributed by atoms with Crippen LogP contribution in [0.4, 0.5) is 0 Å². The van der Waals surface area contributed by atoms with E-state index < -0.39 is 0 Å². The van der Waals surface area contributed by atoms with Crippen LogP contribution in [0.2, 0.25) is 0 Å². The average Bonchev–Trinajstić information content (AvgIpc) is 2.73. The zero-order chi connectivity index (χ0) is 12.6. The van der Waals surface area contributed by atoms with Gasteiger partial charge in [-0.2, -0.15) is 0 Å². The van der Waals surface area contributed by atoms with Crippen molar-refractivity contribution in [3.63, 3.8) is 0 Å². The molecule has 17 heavy (non-hydrogen) atoms. The van der Waals surface area contributed by atoms with E-state index in [2.05, 4.69) is 51.2 Å². The van der Waals surface area contributed by atoms with Gasteiger partial charge in [-0.05, 0) is 44.0 Å². The van der Waals surface area contributed by atoms with Gasteiger partial charge in [0, 0.05) is 5.39 Å². The predicted molar refractivity (Wildman–Crippen MR) is 72.5 cm³/mol. The highest BCUT2D eigenvalue weighted by Crippen LogP contribution is 2.32. The fourth-order valence-corrected chi connectivity index (χ4v) is 2.11. The van der Waals surface area contributed by atoms with Gasteiger partial charge in [-0.15, -0.1) is 0 Å². The molecule has 1 unspecified atom stereocenters. The van der Waals surface area contributed by atoms with Gasteiger partial charge >= 0.3 is 0 Å². The van der Waals surface area contributed by atoms with Gasteiger partial charge in [-0.1, -0.05) is 26.0 Å². The molecule has 1 aromatic carbocycles. The first-order valence-corrected chi connectivity index (χ1v) is 6.24. The third-order valence-electron chi connectivity index (χ3n) is 3.43. The van der Waals surface area contributed by atoms with Crippen molar-refractivity contribution in [2.24, 2.45) is 0 Å². The molecule has 0 aliphatic rings. The maximum absolute atomic E-state index is 6.03. The third kappa shape index (κ3) is 2.09. The second-order valence-electron chi connectivity index (χ2n) is 5.03. The number of aryl methyl sites for hydroxylation is 1. The molecule has 0 amide bonds. The Hall–Kier alpha value is -1.28.